The first-order valence-corrected chi connectivity index (χ1v) is 12.1. The molecule has 0 amide bonds. The Morgan fingerprint density at radius 2 is 1.49 bits per heavy atom. The van der Waals surface area contributed by atoms with Gasteiger partial charge in [-0.2, -0.15) is 0 Å². The minimum Gasteiger partial charge on any atom is -0.508 e. The van der Waals surface area contributed by atoms with Gasteiger partial charge in [0.2, 0.25) is 17.5 Å². The monoisotopic (exact) mass is 582 g/mol. The molecule has 9 atom stereocenters. The predicted molar refractivity (Wildman–Crippen MR) is 131 cm³/mol. The minimum absolute atomic E-state index is 0.0473. The lowest BCUT2D eigenvalue weighted by molar-refractivity contribution is -0.366. The number of fused-ring (bicyclic) bond motifs is 1. The van der Waals surface area contributed by atoms with Gasteiger partial charge >= 0.3 is 0 Å². The fraction of sp³-hybridized carbons (Fsp3) is 0.400. The van der Waals surface area contributed by atoms with E-state index in [9.17, 15) is 55.9 Å². The van der Waals surface area contributed by atoms with Gasteiger partial charge in [-0.05, 0) is 18.2 Å². The molecule has 9 unspecified atom stereocenters. The SMILES string of the molecule is O=c1c(OC2OC(O)C(OC3OCC(O)C(O)C3O)C(O)C2O)c(-c2ccc(O)c(O)c2)oc2cc(O)cc(O)c12. The zero-order chi connectivity index (χ0) is 29.7. The quantitative estimate of drug-likeness (QED) is 0.144. The van der Waals surface area contributed by atoms with E-state index in [0.29, 0.717) is 0 Å². The van der Waals surface area contributed by atoms with Gasteiger partial charge in [-0.3, -0.25) is 4.79 Å². The lowest BCUT2D eigenvalue weighted by Gasteiger charge is -2.43. The highest BCUT2D eigenvalue weighted by atomic mass is 16.8. The van der Waals surface area contributed by atoms with E-state index in [1.54, 1.807) is 0 Å². The molecule has 3 aromatic rings. The fourth-order valence-electron chi connectivity index (χ4n) is 4.46. The van der Waals surface area contributed by atoms with Crippen LogP contribution in [0.15, 0.2) is 39.5 Å². The molecule has 2 aliphatic heterocycles. The Morgan fingerprint density at radius 1 is 0.780 bits per heavy atom. The van der Waals surface area contributed by atoms with Crippen LogP contribution in [0, 0.1) is 0 Å². The minimum atomic E-state index is -2.07. The van der Waals surface area contributed by atoms with Crippen LogP contribution in [0.25, 0.3) is 22.3 Å². The molecule has 5 rings (SSSR count). The molecule has 2 saturated heterocycles. The van der Waals surface area contributed by atoms with E-state index in [2.05, 4.69) is 0 Å². The maximum atomic E-state index is 13.5. The van der Waals surface area contributed by atoms with E-state index < -0.39 is 107 Å². The summed E-state index contributed by atoms with van der Waals surface area (Å²) >= 11 is 0. The molecule has 0 aliphatic carbocycles. The molecule has 0 spiro atoms. The molecule has 16 heteroatoms. The average Bonchev–Trinajstić information content (AvgIpc) is 2.91. The number of benzene rings is 2. The van der Waals surface area contributed by atoms with E-state index in [-0.39, 0.29) is 11.1 Å². The van der Waals surface area contributed by atoms with Crippen LogP contribution in [0.5, 0.6) is 28.7 Å². The average molecular weight is 582 g/mol. The van der Waals surface area contributed by atoms with Crippen molar-refractivity contribution in [1.29, 1.82) is 0 Å². The molecule has 1 aromatic heterocycles. The van der Waals surface area contributed by atoms with Crippen molar-refractivity contribution < 1.29 is 74.4 Å². The van der Waals surface area contributed by atoms with Crippen molar-refractivity contribution in [3.63, 3.8) is 0 Å². The van der Waals surface area contributed by atoms with Crippen LogP contribution in [0.1, 0.15) is 0 Å². The van der Waals surface area contributed by atoms with Gasteiger partial charge in [-0.15, -0.1) is 0 Å². The largest absolute Gasteiger partial charge is 0.508 e. The third kappa shape index (κ3) is 5.23. The second-order valence-electron chi connectivity index (χ2n) is 9.48. The summed E-state index contributed by atoms with van der Waals surface area (Å²) in [5, 5.41) is 101. The highest BCUT2D eigenvalue weighted by Crippen LogP contribution is 2.39. The molecule has 2 aromatic carbocycles. The van der Waals surface area contributed by atoms with Crippen molar-refractivity contribution in [3.8, 4) is 40.1 Å². The van der Waals surface area contributed by atoms with Crippen molar-refractivity contribution in [1.82, 2.24) is 0 Å². The van der Waals surface area contributed by atoms with Crippen LogP contribution >= 0.6 is 0 Å². The lowest BCUT2D eigenvalue weighted by atomic mass is 10.0. The first-order valence-electron chi connectivity index (χ1n) is 12.1. The van der Waals surface area contributed by atoms with Crippen LogP contribution in [0.4, 0.5) is 0 Å². The third-order valence-electron chi connectivity index (χ3n) is 6.65. The third-order valence-corrected chi connectivity index (χ3v) is 6.65. The fourth-order valence-corrected chi connectivity index (χ4v) is 4.46. The van der Waals surface area contributed by atoms with Crippen LogP contribution in [-0.4, -0.2) is 113 Å². The van der Waals surface area contributed by atoms with Gasteiger partial charge in [-0.1, -0.05) is 0 Å². The number of ether oxygens (including phenoxy) is 4. The number of phenols is 4. The summed E-state index contributed by atoms with van der Waals surface area (Å²) in [6, 6.07) is 5.16. The zero-order valence-electron chi connectivity index (χ0n) is 20.7. The van der Waals surface area contributed by atoms with Gasteiger partial charge in [0.25, 0.3) is 0 Å². The summed E-state index contributed by atoms with van der Waals surface area (Å²) in [4.78, 5) is 13.5. The van der Waals surface area contributed by atoms with Gasteiger partial charge in [0.05, 0.1) is 6.61 Å². The van der Waals surface area contributed by atoms with Crippen molar-refractivity contribution in [3.05, 3.63) is 40.6 Å². The second kappa shape index (κ2) is 10.9. The van der Waals surface area contributed by atoms with E-state index >= 15 is 0 Å². The first-order chi connectivity index (χ1) is 19.4. The smallest absolute Gasteiger partial charge is 0.239 e. The molecule has 3 heterocycles. The van der Waals surface area contributed by atoms with Crippen molar-refractivity contribution in [2.24, 2.45) is 0 Å². The number of hydrogen-bond donors (Lipinski definition) is 10. The number of aliphatic hydroxyl groups is 6. The van der Waals surface area contributed by atoms with Gasteiger partial charge in [0.1, 0.15) is 59.1 Å². The number of aromatic hydroxyl groups is 4. The summed E-state index contributed by atoms with van der Waals surface area (Å²) in [6.07, 6.45) is -16.4. The Kier molecular flexibility index (Phi) is 7.68. The highest BCUT2D eigenvalue weighted by molar-refractivity contribution is 5.88. The normalized spacial score (nSPS) is 32.2. The molecule has 0 saturated carbocycles. The maximum absolute atomic E-state index is 13.5. The standard InChI is InChI=1S/C25H26O16/c26-8-4-11(29)14-13(5-8)38-20(7-1-2-9(27)10(28)3-7)21(16(14)32)39-25-19(35)17(33)22(23(36)41-25)40-24-18(34)15(31)12(30)6-37-24/h1-5,12,15,17-19,22-31,33-36H,6H2. The Morgan fingerprint density at radius 3 is 2.20 bits per heavy atom. The van der Waals surface area contributed by atoms with E-state index in [0.717, 1.165) is 24.3 Å². The summed E-state index contributed by atoms with van der Waals surface area (Å²) in [7, 11) is 0. The molecule has 16 nitrogen and oxygen atoms in total. The second-order valence-corrected chi connectivity index (χ2v) is 9.48. The first kappa shape index (κ1) is 28.8. The molecule has 2 fully saturated rings. The van der Waals surface area contributed by atoms with Crippen LogP contribution in [-0.2, 0) is 14.2 Å². The van der Waals surface area contributed by atoms with E-state index in [4.69, 9.17) is 23.4 Å². The van der Waals surface area contributed by atoms with E-state index in [1.807, 2.05) is 0 Å². The van der Waals surface area contributed by atoms with Crippen LogP contribution < -0.4 is 10.2 Å². The van der Waals surface area contributed by atoms with E-state index in [1.165, 1.54) is 6.07 Å². The molecule has 0 radical (unpaired) electrons. The summed E-state index contributed by atoms with van der Waals surface area (Å²) in [5.74, 6) is -3.42. The summed E-state index contributed by atoms with van der Waals surface area (Å²) in [6.45, 7) is -0.450. The maximum Gasteiger partial charge on any atom is 0.239 e. The molecule has 41 heavy (non-hydrogen) atoms. The molecular weight excluding hydrogens is 556 g/mol. The number of phenolic OH excluding ortho intramolecular Hbond substituents is 4. The molecule has 222 valence electrons. The Balaban J connectivity index is 1.48. The van der Waals surface area contributed by atoms with Crippen molar-refractivity contribution >= 4 is 11.0 Å². The summed E-state index contributed by atoms with van der Waals surface area (Å²) in [5.41, 5.74) is -1.40. The molecule has 0 bridgehead atoms. The van der Waals surface area contributed by atoms with Crippen LogP contribution in [0.3, 0.4) is 0 Å². The number of aliphatic hydroxyl groups excluding tert-OH is 6. The van der Waals surface area contributed by atoms with Crippen molar-refractivity contribution in [2.45, 2.75) is 55.5 Å². The Labute approximate surface area is 228 Å². The molecular formula is C25H26O16. The van der Waals surface area contributed by atoms with Gasteiger partial charge in [0.15, 0.2) is 29.8 Å². The van der Waals surface area contributed by atoms with Crippen LogP contribution in [0.2, 0.25) is 0 Å². The predicted octanol–water partition coefficient (Wildman–Crippen LogP) is -2.12. The van der Waals surface area contributed by atoms with Gasteiger partial charge in [-0.25, -0.2) is 0 Å². The Hall–Kier alpha value is -3.71. The molecule has 10 N–H and O–H groups in total. The number of hydrogen-bond acceptors (Lipinski definition) is 16. The van der Waals surface area contributed by atoms with Crippen molar-refractivity contribution in [2.75, 3.05) is 6.61 Å². The lowest BCUT2D eigenvalue weighted by Crippen LogP contribution is -2.63. The Bertz CT molecular complexity index is 1490. The van der Waals surface area contributed by atoms with Gasteiger partial charge < -0.3 is 74.4 Å². The number of rotatable bonds is 5. The zero-order valence-corrected chi connectivity index (χ0v) is 20.7. The van der Waals surface area contributed by atoms with Gasteiger partial charge in [0, 0.05) is 17.7 Å². The molecule has 2 aliphatic rings. The topological polar surface area (TPSA) is 269 Å². The summed E-state index contributed by atoms with van der Waals surface area (Å²) < 4.78 is 26.9. The highest BCUT2D eigenvalue weighted by Gasteiger charge is 2.49.